The second kappa shape index (κ2) is 6.90. The van der Waals surface area contributed by atoms with E-state index >= 15 is 0 Å². The molecule has 0 spiro atoms. The van der Waals surface area contributed by atoms with E-state index in [1.54, 1.807) is 23.5 Å². The summed E-state index contributed by atoms with van der Waals surface area (Å²) in [6.45, 7) is 7.94. The van der Waals surface area contributed by atoms with E-state index in [0.29, 0.717) is 0 Å². The lowest BCUT2D eigenvalue weighted by Gasteiger charge is -2.04. The fourth-order valence-corrected chi connectivity index (χ4v) is 2.44. The van der Waals surface area contributed by atoms with Crippen molar-refractivity contribution in [3.63, 3.8) is 0 Å². The first-order valence-electron chi connectivity index (χ1n) is 4.98. The maximum absolute atomic E-state index is 4.21. The SMILES string of the molecule is C=CCSc1nnc(SCCC)cc1C. The second-order valence-electron chi connectivity index (χ2n) is 3.12. The molecule has 0 unspecified atom stereocenters. The van der Waals surface area contributed by atoms with Crippen LogP contribution >= 0.6 is 23.5 Å². The zero-order valence-corrected chi connectivity index (χ0v) is 10.8. The number of aromatic nitrogens is 2. The minimum absolute atomic E-state index is 0.886. The first kappa shape index (κ1) is 12.6. The molecule has 0 aliphatic carbocycles. The van der Waals surface area contributed by atoms with Crippen LogP contribution in [0.4, 0.5) is 0 Å². The average Bonchev–Trinajstić information content (AvgIpc) is 2.25. The Labute approximate surface area is 100.0 Å². The Bertz CT molecular complexity index is 326. The van der Waals surface area contributed by atoms with Gasteiger partial charge in [-0.05, 0) is 30.7 Å². The topological polar surface area (TPSA) is 25.8 Å². The van der Waals surface area contributed by atoms with Gasteiger partial charge >= 0.3 is 0 Å². The number of thioether (sulfide) groups is 2. The summed E-state index contributed by atoms with van der Waals surface area (Å²) >= 11 is 3.44. The molecule has 0 aliphatic rings. The summed E-state index contributed by atoms with van der Waals surface area (Å²) in [4.78, 5) is 0. The number of rotatable bonds is 6. The Morgan fingerprint density at radius 3 is 2.80 bits per heavy atom. The highest BCUT2D eigenvalue weighted by Crippen LogP contribution is 2.23. The molecule has 1 aromatic heterocycles. The van der Waals surface area contributed by atoms with Gasteiger partial charge in [-0.15, -0.1) is 40.3 Å². The van der Waals surface area contributed by atoms with Crippen LogP contribution in [-0.4, -0.2) is 21.7 Å². The van der Waals surface area contributed by atoms with Crippen LogP contribution in [0.25, 0.3) is 0 Å². The van der Waals surface area contributed by atoms with Crippen molar-refractivity contribution in [2.75, 3.05) is 11.5 Å². The Morgan fingerprint density at radius 1 is 1.40 bits per heavy atom. The van der Waals surface area contributed by atoms with E-state index in [1.807, 2.05) is 6.08 Å². The van der Waals surface area contributed by atoms with Crippen molar-refractivity contribution >= 4 is 23.5 Å². The van der Waals surface area contributed by atoms with Crippen molar-refractivity contribution in [1.29, 1.82) is 0 Å². The monoisotopic (exact) mass is 240 g/mol. The first-order valence-corrected chi connectivity index (χ1v) is 6.95. The number of nitrogens with zero attached hydrogens (tertiary/aromatic N) is 2. The van der Waals surface area contributed by atoms with Crippen LogP contribution in [0.5, 0.6) is 0 Å². The van der Waals surface area contributed by atoms with Crippen molar-refractivity contribution < 1.29 is 0 Å². The van der Waals surface area contributed by atoms with E-state index in [2.05, 4.69) is 36.7 Å². The molecule has 0 N–H and O–H groups in total. The van der Waals surface area contributed by atoms with Crippen LogP contribution < -0.4 is 0 Å². The molecule has 4 heteroatoms. The number of hydrogen-bond donors (Lipinski definition) is 0. The van der Waals surface area contributed by atoms with Crippen LogP contribution in [0.2, 0.25) is 0 Å². The molecular formula is C11H16N2S2. The summed E-state index contributed by atoms with van der Waals surface area (Å²) in [6, 6.07) is 2.11. The smallest absolute Gasteiger partial charge is 0.122 e. The highest BCUT2D eigenvalue weighted by atomic mass is 32.2. The minimum atomic E-state index is 0.886. The standard InChI is InChI=1S/C11H16N2S2/c1-4-6-14-10-8-9(3)11(13-12-10)15-7-5-2/h5,8H,2,4,6-7H2,1,3H3. The van der Waals surface area contributed by atoms with Crippen LogP contribution in [0.15, 0.2) is 28.8 Å². The van der Waals surface area contributed by atoms with Gasteiger partial charge in [-0.25, -0.2) is 0 Å². The maximum Gasteiger partial charge on any atom is 0.122 e. The Hall–Kier alpha value is -0.480. The fraction of sp³-hybridized carbons (Fsp3) is 0.455. The molecule has 0 aromatic carbocycles. The quantitative estimate of drug-likeness (QED) is 0.561. The summed E-state index contributed by atoms with van der Waals surface area (Å²) in [7, 11) is 0. The van der Waals surface area contributed by atoms with E-state index in [9.17, 15) is 0 Å². The van der Waals surface area contributed by atoms with Crippen molar-refractivity contribution in [3.05, 3.63) is 24.3 Å². The summed E-state index contributed by atoms with van der Waals surface area (Å²) in [6.07, 6.45) is 3.05. The van der Waals surface area contributed by atoms with E-state index in [4.69, 9.17) is 0 Å². The van der Waals surface area contributed by atoms with E-state index in [1.165, 1.54) is 12.0 Å². The minimum Gasteiger partial charge on any atom is -0.143 e. The van der Waals surface area contributed by atoms with E-state index < -0.39 is 0 Å². The molecule has 0 saturated heterocycles. The summed E-state index contributed by atoms with van der Waals surface area (Å²) < 4.78 is 0. The van der Waals surface area contributed by atoms with E-state index in [-0.39, 0.29) is 0 Å². The number of aryl methyl sites for hydroxylation is 1. The highest BCUT2D eigenvalue weighted by Gasteiger charge is 2.03. The molecule has 0 saturated carbocycles. The van der Waals surface area contributed by atoms with Gasteiger partial charge in [0, 0.05) is 5.75 Å². The zero-order chi connectivity index (χ0) is 11.1. The van der Waals surface area contributed by atoms with E-state index in [0.717, 1.165) is 21.6 Å². The molecule has 82 valence electrons. The van der Waals surface area contributed by atoms with Gasteiger partial charge in [0.05, 0.1) is 0 Å². The molecule has 0 atom stereocenters. The van der Waals surface area contributed by atoms with Gasteiger partial charge < -0.3 is 0 Å². The molecule has 0 radical (unpaired) electrons. The highest BCUT2D eigenvalue weighted by molar-refractivity contribution is 7.99. The van der Waals surface area contributed by atoms with Crippen molar-refractivity contribution in [2.45, 2.75) is 30.3 Å². The summed E-state index contributed by atoms with van der Waals surface area (Å²) in [5, 5.41) is 10.4. The molecule has 2 nitrogen and oxygen atoms in total. The lowest BCUT2D eigenvalue weighted by Crippen LogP contribution is -1.93. The zero-order valence-electron chi connectivity index (χ0n) is 9.19. The molecule has 1 aromatic rings. The van der Waals surface area contributed by atoms with Gasteiger partial charge in [-0.1, -0.05) is 13.0 Å². The van der Waals surface area contributed by atoms with Gasteiger partial charge in [0.15, 0.2) is 0 Å². The van der Waals surface area contributed by atoms with Crippen LogP contribution in [0.1, 0.15) is 18.9 Å². The molecule has 1 rings (SSSR count). The molecular weight excluding hydrogens is 224 g/mol. The second-order valence-corrected chi connectivity index (χ2v) is 5.24. The Morgan fingerprint density at radius 2 is 2.20 bits per heavy atom. The van der Waals surface area contributed by atoms with Crippen LogP contribution in [0, 0.1) is 6.92 Å². The molecule has 0 bridgehead atoms. The van der Waals surface area contributed by atoms with Gasteiger partial charge in [0.1, 0.15) is 10.1 Å². The van der Waals surface area contributed by atoms with Crippen molar-refractivity contribution in [2.24, 2.45) is 0 Å². The first-order chi connectivity index (χ1) is 7.27. The lowest BCUT2D eigenvalue weighted by atomic mass is 10.4. The molecule has 1 heterocycles. The van der Waals surface area contributed by atoms with Crippen LogP contribution in [0.3, 0.4) is 0 Å². The van der Waals surface area contributed by atoms with Gasteiger partial charge in [-0.2, -0.15) is 0 Å². The fourth-order valence-electron chi connectivity index (χ4n) is 1.01. The predicted octanol–water partition coefficient (Wildman–Crippen LogP) is 3.57. The summed E-state index contributed by atoms with van der Waals surface area (Å²) in [5.74, 6) is 1.99. The van der Waals surface area contributed by atoms with Gasteiger partial charge in [0.25, 0.3) is 0 Å². The van der Waals surface area contributed by atoms with Gasteiger partial charge in [-0.3, -0.25) is 0 Å². The van der Waals surface area contributed by atoms with Crippen LogP contribution in [-0.2, 0) is 0 Å². The van der Waals surface area contributed by atoms with Crippen molar-refractivity contribution in [1.82, 2.24) is 10.2 Å². The Kier molecular flexibility index (Phi) is 5.79. The van der Waals surface area contributed by atoms with Gasteiger partial charge in [0.2, 0.25) is 0 Å². The number of hydrogen-bond acceptors (Lipinski definition) is 4. The molecule has 0 fully saturated rings. The Balaban J connectivity index is 2.65. The lowest BCUT2D eigenvalue weighted by molar-refractivity contribution is 0.836. The third kappa shape index (κ3) is 4.26. The largest absolute Gasteiger partial charge is 0.143 e. The molecule has 0 aliphatic heterocycles. The van der Waals surface area contributed by atoms with Crippen molar-refractivity contribution in [3.8, 4) is 0 Å². The third-order valence-electron chi connectivity index (χ3n) is 1.71. The molecule has 0 amide bonds. The predicted molar refractivity (Wildman–Crippen MR) is 68.7 cm³/mol. The maximum atomic E-state index is 4.21. The normalized spacial score (nSPS) is 10.3. The molecule has 15 heavy (non-hydrogen) atoms. The summed E-state index contributed by atoms with van der Waals surface area (Å²) in [5.41, 5.74) is 1.20. The average molecular weight is 240 g/mol. The third-order valence-corrected chi connectivity index (χ3v) is 3.90.